The predicted octanol–water partition coefficient (Wildman–Crippen LogP) is -0.524. The van der Waals surface area contributed by atoms with Gasteiger partial charge in [0.2, 0.25) is 0 Å². The second-order valence-electron chi connectivity index (χ2n) is 7.71. The fraction of sp³-hybridized carbons (Fsp3) is 0.455. The Balaban J connectivity index is 1.49. The summed E-state index contributed by atoms with van der Waals surface area (Å²) >= 11 is 0. The van der Waals surface area contributed by atoms with E-state index in [0.29, 0.717) is 6.54 Å². The third-order valence-electron chi connectivity index (χ3n) is 5.60. The number of carbonyl (C=O) groups excluding carboxylic acids is 2. The number of hydrogen-bond acceptors (Lipinski definition) is 2. The van der Waals surface area contributed by atoms with Crippen LogP contribution in [0.25, 0.3) is 10.8 Å². The number of amides is 2. The summed E-state index contributed by atoms with van der Waals surface area (Å²) < 4.78 is 0. The number of piperazine rings is 1. The number of nitrogens with one attached hydrogen (secondary N) is 4. The van der Waals surface area contributed by atoms with Crippen molar-refractivity contribution >= 4 is 28.3 Å². The van der Waals surface area contributed by atoms with Gasteiger partial charge in [0.15, 0.2) is 12.6 Å². The van der Waals surface area contributed by atoms with Gasteiger partial charge in [-0.25, -0.2) is 0 Å². The molecule has 1 aliphatic heterocycles. The molecule has 4 N–H and O–H groups in total. The Morgan fingerprint density at radius 2 is 1.75 bits per heavy atom. The first-order valence-corrected chi connectivity index (χ1v) is 10.3. The highest BCUT2D eigenvalue weighted by atomic mass is 16.2. The molecule has 1 atom stereocenters. The van der Waals surface area contributed by atoms with Gasteiger partial charge in [0, 0.05) is 12.2 Å². The maximum Gasteiger partial charge on any atom is 0.282 e. The first-order chi connectivity index (χ1) is 13.6. The smallest absolute Gasteiger partial charge is 0.282 e. The van der Waals surface area contributed by atoms with E-state index in [1.54, 1.807) is 0 Å². The molecule has 0 spiro atoms. The summed E-state index contributed by atoms with van der Waals surface area (Å²) in [5, 5.41) is 8.30. The van der Waals surface area contributed by atoms with Crippen LogP contribution in [0.2, 0.25) is 0 Å². The van der Waals surface area contributed by atoms with Gasteiger partial charge in [-0.2, -0.15) is 0 Å². The average Bonchev–Trinajstić information content (AvgIpc) is 2.72. The van der Waals surface area contributed by atoms with Gasteiger partial charge in [-0.15, -0.1) is 0 Å². The van der Waals surface area contributed by atoms with Gasteiger partial charge in [-0.1, -0.05) is 37.3 Å². The molecule has 0 aromatic heterocycles. The van der Waals surface area contributed by atoms with Crippen molar-refractivity contribution in [2.75, 3.05) is 44.6 Å². The third kappa shape index (κ3) is 5.30. The zero-order valence-corrected chi connectivity index (χ0v) is 16.9. The summed E-state index contributed by atoms with van der Waals surface area (Å²) in [6, 6.07) is 14.0. The number of benzene rings is 2. The van der Waals surface area contributed by atoms with Crippen molar-refractivity contribution in [2.24, 2.45) is 0 Å². The zero-order valence-electron chi connectivity index (χ0n) is 16.9. The SMILES string of the molecule is CCCNC(=O)C[NH+]1CC[NH+]([C@H](C)C(=O)Nc2ccc3ccccc3c2)CC1. The molecule has 1 heterocycles. The molecule has 2 amide bonds. The Morgan fingerprint density at radius 3 is 2.46 bits per heavy atom. The van der Waals surface area contributed by atoms with E-state index in [0.717, 1.165) is 50.2 Å². The molecule has 2 aromatic carbocycles. The van der Waals surface area contributed by atoms with Crippen LogP contribution in [0.3, 0.4) is 0 Å². The van der Waals surface area contributed by atoms with Crippen molar-refractivity contribution in [1.82, 2.24) is 5.32 Å². The van der Waals surface area contributed by atoms with Crippen LogP contribution >= 0.6 is 0 Å². The quantitative estimate of drug-likeness (QED) is 0.519. The van der Waals surface area contributed by atoms with Gasteiger partial charge >= 0.3 is 0 Å². The lowest BCUT2D eigenvalue weighted by Crippen LogP contribution is -3.30. The Bertz CT molecular complexity index is 815. The van der Waals surface area contributed by atoms with E-state index in [1.165, 1.54) is 15.2 Å². The molecule has 1 fully saturated rings. The number of hydrogen-bond donors (Lipinski definition) is 4. The van der Waals surface area contributed by atoms with Crippen LogP contribution in [0, 0.1) is 0 Å². The van der Waals surface area contributed by atoms with Gasteiger partial charge in [-0.3, -0.25) is 9.59 Å². The molecule has 0 bridgehead atoms. The van der Waals surface area contributed by atoms with E-state index in [4.69, 9.17) is 0 Å². The zero-order chi connectivity index (χ0) is 19.9. The van der Waals surface area contributed by atoms with Crippen molar-refractivity contribution in [1.29, 1.82) is 0 Å². The highest BCUT2D eigenvalue weighted by Gasteiger charge is 2.31. The lowest BCUT2D eigenvalue weighted by Gasteiger charge is -2.32. The van der Waals surface area contributed by atoms with E-state index in [-0.39, 0.29) is 17.9 Å². The molecule has 3 rings (SSSR count). The minimum Gasteiger partial charge on any atom is -0.351 e. The highest BCUT2D eigenvalue weighted by molar-refractivity contribution is 5.96. The predicted molar refractivity (Wildman–Crippen MR) is 112 cm³/mol. The summed E-state index contributed by atoms with van der Waals surface area (Å²) in [5.74, 6) is 0.178. The van der Waals surface area contributed by atoms with Crippen LogP contribution in [0.1, 0.15) is 20.3 Å². The van der Waals surface area contributed by atoms with Crippen molar-refractivity contribution in [2.45, 2.75) is 26.3 Å². The lowest BCUT2D eigenvalue weighted by molar-refractivity contribution is -1.01. The van der Waals surface area contributed by atoms with Crippen LogP contribution in [0.4, 0.5) is 5.69 Å². The fourth-order valence-electron chi connectivity index (χ4n) is 3.79. The maximum atomic E-state index is 12.7. The Labute approximate surface area is 166 Å². The molecule has 0 saturated carbocycles. The summed E-state index contributed by atoms with van der Waals surface area (Å²) in [4.78, 5) is 27.2. The number of fused-ring (bicyclic) bond motifs is 1. The summed E-state index contributed by atoms with van der Waals surface area (Å²) in [6.45, 7) is 8.97. The van der Waals surface area contributed by atoms with Crippen LogP contribution in [-0.4, -0.2) is 57.1 Å². The first-order valence-electron chi connectivity index (χ1n) is 10.3. The Morgan fingerprint density at radius 1 is 1.04 bits per heavy atom. The van der Waals surface area contributed by atoms with E-state index < -0.39 is 0 Å². The molecule has 1 aliphatic rings. The molecule has 0 unspecified atom stereocenters. The van der Waals surface area contributed by atoms with Crippen LogP contribution in [0.15, 0.2) is 42.5 Å². The topological polar surface area (TPSA) is 67.1 Å². The van der Waals surface area contributed by atoms with E-state index in [9.17, 15) is 9.59 Å². The fourth-order valence-corrected chi connectivity index (χ4v) is 3.79. The second kappa shape index (κ2) is 9.66. The number of carbonyl (C=O) groups is 2. The molecule has 0 radical (unpaired) electrons. The second-order valence-corrected chi connectivity index (χ2v) is 7.71. The van der Waals surface area contributed by atoms with Crippen molar-refractivity contribution in [3.8, 4) is 0 Å². The molecular weight excluding hydrogens is 352 g/mol. The minimum atomic E-state index is -0.109. The van der Waals surface area contributed by atoms with Crippen LogP contribution in [-0.2, 0) is 9.59 Å². The Kier molecular flexibility index (Phi) is 7.01. The molecule has 2 aromatic rings. The van der Waals surface area contributed by atoms with E-state index >= 15 is 0 Å². The summed E-state index contributed by atoms with van der Waals surface area (Å²) in [5.41, 5.74) is 0.840. The number of rotatable bonds is 7. The molecule has 1 saturated heterocycles. The normalized spacial score (nSPS) is 20.5. The summed E-state index contributed by atoms with van der Waals surface area (Å²) in [6.07, 6.45) is 0.961. The summed E-state index contributed by atoms with van der Waals surface area (Å²) in [7, 11) is 0. The largest absolute Gasteiger partial charge is 0.351 e. The molecule has 0 aliphatic carbocycles. The molecule has 6 nitrogen and oxygen atoms in total. The number of quaternary nitrogens is 2. The highest BCUT2D eigenvalue weighted by Crippen LogP contribution is 2.18. The van der Waals surface area contributed by atoms with Gasteiger partial charge in [-0.05, 0) is 36.2 Å². The van der Waals surface area contributed by atoms with Gasteiger partial charge in [0.1, 0.15) is 26.2 Å². The van der Waals surface area contributed by atoms with E-state index in [1.807, 2.05) is 37.3 Å². The van der Waals surface area contributed by atoms with Crippen molar-refractivity contribution in [3.05, 3.63) is 42.5 Å². The minimum absolute atomic E-state index is 0.0504. The average molecular weight is 385 g/mol. The standard InChI is InChI=1S/C22H30N4O2/c1-3-10-23-21(27)16-25-11-13-26(14-12-25)17(2)22(28)24-20-9-8-18-6-4-5-7-19(18)15-20/h4-9,15,17H,3,10-14,16H2,1-2H3,(H,23,27)(H,24,28)/p+2/t17-/m1/s1. The Hall–Kier alpha value is -2.44. The molecule has 28 heavy (non-hydrogen) atoms. The van der Waals surface area contributed by atoms with E-state index in [2.05, 4.69) is 29.7 Å². The molecular formula is C22H32N4O2+2. The molecule has 150 valence electrons. The van der Waals surface area contributed by atoms with Crippen LogP contribution in [0.5, 0.6) is 0 Å². The maximum absolute atomic E-state index is 12.7. The monoisotopic (exact) mass is 384 g/mol. The van der Waals surface area contributed by atoms with Gasteiger partial charge < -0.3 is 20.4 Å². The lowest BCUT2D eigenvalue weighted by atomic mass is 10.1. The van der Waals surface area contributed by atoms with Gasteiger partial charge in [0.25, 0.3) is 11.8 Å². The number of anilines is 1. The molecule has 6 heteroatoms. The van der Waals surface area contributed by atoms with Gasteiger partial charge in [0.05, 0.1) is 0 Å². The van der Waals surface area contributed by atoms with Crippen LogP contribution < -0.4 is 20.4 Å². The first kappa shape index (κ1) is 20.3. The van der Waals surface area contributed by atoms with Crippen molar-refractivity contribution < 1.29 is 19.4 Å². The third-order valence-corrected chi connectivity index (χ3v) is 5.60. The van der Waals surface area contributed by atoms with Crippen molar-refractivity contribution in [3.63, 3.8) is 0 Å².